The highest BCUT2D eigenvalue weighted by Crippen LogP contribution is 2.32. The number of hydrogen-bond acceptors (Lipinski definition) is 3. The van der Waals surface area contributed by atoms with Crippen LogP contribution in [0.3, 0.4) is 0 Å². The zero-order chi connectivity index (χ0) is 15.4. The van der Waals surface area contributed by atoms with Crippen LogP contribution >= 0.6 is 15.9 Å². The summed E-state index contributed by atoms with van der Waals surface area (Å²) >= 11 is 3.47. The molecule has 1 aliphatic rings. The Bertz CT molecular complexity index is 553. The summed E-state index contributed by atoms with van der Waals surface area (Å²) in [5.41, 5.74) is -0.520. The number of non-ortho nitro benzene ring substituents is 1. The largest absolute Gasteiger partial charge is 0.352 e. The first-order valence-corrected chi connectivity index (χ1v) is 7.93. The lowest BCUT2D eigenvalue weighted by atomic mass is 9.98. The van der Waals surface area contributed by atoms with Crippen LogP contribution in [0.1, 0.15) is 29.6 Å². The summed E-state index contributed by atoms with van der Waals surface area (Å²) in [5, 5.41) is 14.2. The van der Waals surface area contributed by atoms with Gasteiger partial charge in [-0.15, -0.1) is 0 Å². The Morgan fingerprint density at radius 1 is 1.43 bits per heavy atom. The lowest BCUT2D eigenvalue weighted by Crippen LogP contribution is -2.31. The van der Waals surface area contributed by atoms with E-state index in [9.17, 15) is 19.3 Å². The Morgan fingerprint density at radius 3 is 2.76 bits per heavy atom. The van der Waals surface area contributed by atoms with Crippen molar-refractivity contribution in [1.82, 2.24) is 5.32 Å². The van der Waals surface area contributed by atoms with Crippen LogP contribution in [0, 0.1) is 27.8 Å². The van der Waals surface area contributed by atoms with Crippen molar-refractivity contribution in [2.45, 2.75) is 19.3 Å². The molecule has 1 saturated carbocycles. The molecule has 1 fully saturated rings. The molecule has 0 aliphatic heterocycles. The van der Waals surface area contributed by atoms with Gasteiger partial charge in [-0.1, -0.05) is 22.4 Å². The number of benzene rings is 1. The Hall–Kier alpha value is -1.50. The van der Waals surface area contributed by atoms with Gasteiger partial charge in [-0.05, 0) is 30.7 Å². The zero-order valence-electron chi connectivity index (χ0n) is 11.4. The Kier molecular flexibility index (Phi) is 5.27. The van der Waals surface area contributed by atoms with Crippen molar-refractivity contribution in [2.24, 2.45) is 11.8 Å². The van der Waals surface area contributed by atoms with Gasteiger partial charge in [-0.25, -0.2) is 4.39 Å². The second-order valence-electron chi connectivity index (χ2n) is 5.24. The molecule has 1 aromatic rings. The maximum absolute atomic E-state index is 13.7. The third-order valence-corrected chi connectivity index (χ3v) is 4.78. The van der Waals surface area contributed by atoms with Crippen LogP contribution in [0.4, 0.5) is 10.1 Å². The maximum Gasteiger partial charge on any atom is 0.272 e. The van der Waals surface area contributed by atoms with Gasteiger partial charge >= 0.3 is 0 Å². The molecule has 1 N–H and O–H groups in total. The molecule has 0 aromatic heterocycles. The molecule has 114 valence electrons. The molecule has 2 unspecified atom stereocenters. The first-order chi connectivity index (χ1) is 10.0. The van der Waals surface area contributed by atoms with E-state index < -0.39 is 16.6 Å². The predicted octanol–water partition coefficient (Wildman–Crippen LogP) is 3.27. The number of nitro benzene ring substituents is 1. The van der Waals surface area contributed by atoms with Crippen molar-refractivity contribution < 1.29 is 14.1 Å². The number of hydrogen-bond donors (Lipinski definition) is 1. The van der Waals surface area contributed by atoms with Crippen LogP contribution < -0.4 is 5.32 Å². The van der Waals surface area contributed by atoms with E-state index >= 15 is 0 Å². The fraction of sp³-hybridized carbons (Fsp3) is 0.500. The zero-order valence-corrected chi connectivity index (χ0v) is 12.9. The van der Waals surface area contributed by atoms with Gasteiger partial charge < -0.3 is 5.32 Å². The van der Waals surface area contributed by atoms with Gasteiger partial charge in [-0.3, -0.25) is 14.9 Å². The summed E-state index contributed by atoms with van der Waals surface area (Å²) in [7, 11) is 0. The molecular formula is C14H16BrFN2O3. The molecule has 1 amide bonds. The summed E-state index contributed by atoms with van der Waals surface area (Å²) < 4.78 is 13.7. The standard InChI is InChI=1S/C14H16BrFN2O3/c15-7-9-2-1-3-10(9)8-17-14(19)12-5-4-11(18(20)21)6-13(12)16/h4-6,9-10H,1-3,7-8H2,(H,17,19). The molecule has 0 spiro atoms. The van der Waals surface area contributed by atoms with Gasteiger partial charge in [0, 0.05) is 17.9 Å². The highest BCUT2D eigenvalue weighted by Gasteiger charge is 2.27. The number of nitrogens with one attached hydrogen (secondary N) is 1. The molecule has 0 saturated heterocycles. The SMILES string of the molecule is O=C(NCC1CCCC1CBr)c1ccc([N+](=O)[O-])cc1F. The Morgan fingerprint density at radius 2 is 2.14 bits per heavy atom. The molecule has 1 aromatic carbocycles. The van der Waals surface area contributed by atoms with Crippen LogP contribution in [0.2, 0.25) is 0 Å². The van der Waals surface area contributed by atoms with Gasteiger partial charge in [0.15, 0.2) is 0 Å². The number of carbonyl (C=O) groups excluding carboxylic acids is 1. The highest BCUT2D eigenvalue weighted by molar-refractivity contribution is 9.09. The number of halogens is 2. The molecule has 0 bridgehead atoms. The normalized spacial score (nSPS) is 21.2. The van der Waals surface area contributed by atoms with Crippen LogP contribution in [0.15, 0.2) is 18.2 Å². The van der Waals surface area contributed by atoms with Crippen molar-refractivity contribution >= 4 is 27.5 Å². The summed E-state index contributed by atoms with van der Waals surface area (Å²) in [4.78, 5) is 21.8. The number of carbonyl (C=O) groups is 1. The molecule has 0 radical (unpaired) electrons. The van der Waals surface area contributed by atoms with Crippen molar-refractivity contribution in [3.05, 3.63) is 39.7 Å². The molecule has 2 atom stereocenters. The van der Waals surface area contributed by atoms with Crippen molar-refractivity contribution in [3.8, 4) is 0 Å². The fourth-order valence-electron chi connectivity index (χ4n) is 2.71. The van der Waals surface area contributed by atoms with Crippen molar-refractivity contribution in [2.75, 3.05) is 11.9 Å². The average Bonchev–Trinajstić information content (AvgIpc) is 2.91. The molecule has 21 heavy (non-hydrogen) atoms. The van der Waals surface area contributed by atoms with E-state index in [1.54, 1.807) is 0 Å². The second-order valence-corrected chi connectivity index (χ2v) is 5.88. The summed E-state index contributed by atoms with van der Waals surface area (Å²) in [6, 6.07) is 3.06. The lowest BCUT2D eigenvalue weighted by molar-refractivity contribution is -0.385. The Labute approximate surface area is 130 Å². The van der Waals surface area contributed by atoms with E-state index in [1.807, 2.05) is 0 Å². The molecule has 5 nitrogen and oxygen atoms in total. The number of rotatable bonds is 5. The number of alkyl halides is 1. The molecule has 1 aliphatic carbocycles. The van der Waals surface area contributed by atoms with E-state index in [4.69, 9.17) is 0 Å². The van der Waals surface area contributed by atoms with E-state index in [-0.39, 0.29) is 11.3 Å². The number of nitrogens with zero attached hydrogens (tertiary/aromatic N) is 1. The van der Waals surface area contributed by atoms with Gasteiger partial charge in [0.2, 0.25) is 0 Å². The third-order valence-electron chi connectivity index (χ3n) is 3.95. The van der Waals surface area contributed by atoms with Crippen LogP contribution in [-0.4, -0.2) is 22.7 Å². The quantitative estimate of drug-likeness (QED) is 0.498. The number of amides is 1. The summed E-state index contributed by atoms with van der Waals surface area (Å²) in [6.45, 7) is 0.505. The monoisotopic (exact) mass is 358 g/mol. The summed E-state index contributed by atoms with van der Waals surface area (Å²) in [6.07, 6.45) is 3.33. The first-order valence-electron chi connectivity index (χ1n) is 6.81. The molecule has 0 heterocycles. The third kappa shape index (κ3) is 3.78. The lowest BCUT2D eigenvalue weighted by Gasteiger charge is -2.17. The van der Waals surface area contributed by atoms with Gasteiger partial charge in [0.05, 0.1) is 16.6 Å². The molecule has 2 rings (SSSR count). The van der Waals surface area contributed by atoms with Gasteiger partial charge in [-0.2, -0.15) is 0 Å². The average molecular weight is 359 g/mol. The minimum atomic E-state index is -0.870. The Balaban J connectivity index is 1.99. The minimum Gasteiger partial charge on any atom is -0.352 e. The van der Waals surface area contributed by atoms with Gasteiger partial charge in [0.25, 0.3) is 11.6 Å². The van der Waals surface area contributed by atoms with Gasteiger partial charge in [0.1, 0.15) is 5.82 Å². The predicted molar refractivity (Wildman–Crippen MR) is 80.0 cm³/mol. The van der Waals surface area contributed by atoms with Crippen LogP contribution in [-0.2, 0) is 0 Å². The van der Waals surface area contributed by atoms with E-state index in [2.05, 4.69) is 21.2 Å². The fourth-order valence-corrected chi connectivity index (χ4v) is 3.56. The van der Waals surface area contributed by atoms with E-state index in [1.165, 1.54) is 0 Å². The summed E-state index contributed by atoms with van der Waals surface area (Å²) in [5.74, 6) is -0.464. The second kappa shape index (κ2) is 6.98. The minimum absolute atomic E-state index is 0.158. The van der Waals surface area contributed by atoms with Crippen molar-refractivity contribution in [3.63, 3.8) is 0 Å². The number of nitro groups is 1. The van der Waals surface area contributed by atoms with E-state index in [0.717, 1.165) is 42.8 Å². The first kappa shape index (κ1) is 15.9. The maximum atomic E-state index is 13.7. The molecule has 7 heteroatoms. The highest BCUT2D eigenvalue weighted by atomic mass is 79.9. The van der Waals surface area contributed by atoms with Crippen LogP contribution in [0.25, 0.3) is 0 Å². The molecular weight excluding hydrogens is 343 g/mol. The topological polar surface area (TPSA) is 72.2 Å². The van der Waals surface area contributed by atoms with Crippen molar-refractivity contribution in [1.29, 1.82) is 0 Å². The van der Waals surface area contributed by atoms with Crippen LogP contribution in [0.5, 0.6) is 0 Å². The van der Waals surface area contributed by atoms with E-state index in [0.29, 0.717) is 18.4 Å². The smallest absolute Gasteiger partial charge is 0.272 e.